The van der Waals surface area contributed by atoms with Crippen molar-refractivity contribution >= 4 is 50.6 Å². The second-order valence-electron chi connectivity index (χ2n) is 7.77. The fourth-order valence-electron chi connectivity index (χ4n) is 4.29. The highest BCUT2D eigenvalue weighted by Gasteiger charge is 2.35. The molecule has 5 rings (SSSR count). The fourth-order valence-corrected chi connectivity index (χ4v) is 4.79. The zero-order chi connectivity index (χ0) is 20.8. The number of aryl methyl sites for hydroxylation is 2. The van der Waals surface area contributed by atoms with Crippen molar-refractivity contribution in [2.75, 3.05) is 10.2 Å². The predicted octanol–water partition coefficient (Wildman–Crippen LogP) is 6.83. The molecule has 3 nitrogen and oxygen atoms in total. The van der Waals surface area contributed by atoms with Gasteiger partial charge in [0.15, 0.2) is 0 Å². The summed E-state index contributed by atoms with van der Waals surface area (Å²) in [5.41, 5.74) is 5.98. The molecule has 1 amide bonds. The summed E-state index contributed by atoms with van der Waals surface area (Å²) in [6.07, 6.45) is -0.281. The summed E-state index contributed by atoms with van der Waals surface area (Å²) in [4.78, 5) is 15.8. The van der Waals surface area contributed by atoms with Crippen molar-refractivity contribution in [3.8, 4) is 0 Å². The summed E-state index contributed by atoms with van der Waals surface area (Å²) in [7, 11) is 0. The lowest BCUT2D eigenvalue weighted by molar-refractivity contribution is 0.0975. The largest absolute Gasteiger partial charge is 0.360 e. The van der Waals surface area contributed by atoms with Gasteiger partial charge in [-0.2, -0.15) is 0 Å². The van der Waals surface area contributed by atoms with Gasteiger partial charge >= 0.3 is 0 Å². The van der Waals surface area contributed by atoms with Crippen LogP contribution in [0.1, 0.15) is 33.2 Å². The van der Waals surface area contributed by atoms with Crippen molar-refractivity contribution in [3.05, 3.63) is 105 Å². The number of nitrogens with zero attached hydrogens (tertiary/aromatic N) is 1. The van der Waals surface area contributed by atoms with E-state index in [2.05, 4.69) is 78.2 Å². The minimum Gasteiger partial charge on any atom is -0.360 e. The molecule has 1 N–H and O–H groups in total. The number of carbonyl (C=O) groups is 1. The summed E-state index contributed by atoms with van der Waals surface area (Å²) in [5, 5.41) is 5.84. The molecule has 0 radical (unpaired) electrons. The van der Waals surface area contributed by atoms with E-state index in [0.29, 0.717) is 5.56 Å². The SMILES string of the molecule is Cc1ccc([C@H]2Nc3ccc(I)cc3C(=O)N2c2cccc3ccccc23)c(C)c1. The molecule has 1 heterocycles. The minimum absolute atomic E-state index is 0.0172. The molecule has 4 aromatic carbocycles. The number of anilines is 2. The minimum atomic E-state index is -0.281. The number of nitrogens with one attached hydrogen (secondary N) is 1. The Morgan fingerprint density at radius 1 is 0.900 bits per heavy atom. The van der Waals surface area contributed by atoms with E-state index in [1.54, 1.807) is 0 Å². The van der Waals surface area contributed by atoms with Crippen LogP contribution in [0, 0.1) is 17.4 Å². The highest BCUT2D eigenvalue weighted by atomic mass is 127. The van der Waals surface area contributed by atoms with E-state index >= 15 is 0 Å². The first-order valence-corrected chi connectivity index (χ1v) is 11.1. The van der Waals surface area contributed by atoms with Gasteiger partial charge in [0.2, 0.25) is 0 Å². The lowest BCUT2D eigenvalue weighted by atomic mass is 9.97. The van der Waals surface area contributed by atoms with Crippen LogP contribution in [-0.2, 0) is 0 Å². The van der Waals surface area contributed by atoms with E-state index in [4.69, 9.17) is 0 Å². The van der Waals surface area contributed by atoms with E-state index in [0.717, 1.165) is 31.3 Å². The van der Waals surface area contributed by atoms with E-state index in [1.165, 1.54) is 11.1 Å². The van der Waals surface area contributed by atoms with Gasteiger partial charge in [0.1, 0.15) is 6.17 Å². The maximum Gasteiger partial charge on any atom is 0.262 e. The van der Waals surface area contributed by atoms with E-state index in [-0.39, 0.29) is 12.1 Å². The first kappa shape index (κ1) is 19.1. The lowest BCUT2D eigenvalue weighted by Crippen LogP contribution is -2.43. The standard InChI is InChI=1S/C26H21IN2O/c1-16-10-12-20(17(2)14-16)25-28-23-13-11-19(27)15-22(23)26(30)29(25)24-9-5-7-18-6-3-4-8-21(18)24/h3-15,25,28H,1-2H3/t25-/m0/s1. The third kappa shape index (κ3) is 3.16. The quantitative estimate of drug-likeness (QED) is 0.304. The molecule has 0 aliphatic carbocycles. The molecule has 0 aromatic heterocycles. The van der Waals surface area contributed by atoms with Gasteiger partial charge in [-0.3, -0.25) is 9.69 Å². The summed E-state index contributed by atoms with van der Waals surface area (Å²) in [6, 6.07) is 26.8. The van der Waals surface area contributed by atoms with Crippen molar-refractivity contribution in [2.24, 2.45) is 0 Å². The monoisotopic (exact) mass is 504 g/mol. The molecule has 4 heteroatoms. The van der Waals surface area contributed by atoms with Crippen molar-refractivity contribution in [1.29, 1.82) is 0 Å². The Morgan fingerprint density at radius 3 is 2.53 bits per heavy atom. The van der Waals surface area contributed by atoms with Crippen LogP contribution in [0.2, 0.25) is 0 Å². The topological polar surface area (TPSA) is 32.3 Å². The van der Waals surface area contributed by atoms with Gasteiger partial charge in [0.05, 0.1) is 11.3 Å². The molecular weight excluding hydrogens is 483 g/mol. The van der Waals surface area contributed by atoms with Gasteiger partial charge in [-0.05, 0) is 77.2 Å². The number of fused-ring (bicyclic) bond motifs is 2. The van der Waals surface area contributed by atoms with Crippen LogP contribution in [0.15, 0.2) is 78.9 Å². The van der Waals surface area contributed by atoms with Gasteiger partial charge in [-0.1, -0.05) is 60.2 Å². The number of amides is 1. The molecule has 1 atom stereocenters. The van der Waals surface area contributed by atoms with Crippen LogP contribution in [0.25, 0.3) is 10.8 Å². The Balaban J connectivity index is 1.76. The predicted molar refractivity (Wildman–Crippen MR) is 132 cm³/mol. The number of rotatable bonds is 2. The molecule has 0 unspecified atom stereocenters. The normalized spacial score (nSPS) is 15.8. The molecule has 0 fully saturated rings. The van der Waals surface area contributed by atoms with Crippen LogP contribution in [0.4, 0.5) is 11.4 Å². The average molecular weight is 504 g/mol. The fraction of sp³-hybridized carbons (Fsp3) is 0.115. The molecule has 0 spiro atoms. The zero-order valence-corrected chi connectivity index (χ0v) is 19.0. The van der Waals surface area contributed by atoms with Gasteiger partial charge in [-0.25, -0.2) is 0 Å². The van der Waals surface area contributed by atoms with Crippen LogP contribution < -0.4 is 10.2 Å². The second kappa shape index (κ2) is 7.43. The molecule has 4 aromatic rings. The number of hydrogen-bond acceptors (Lipinski definition) is 2. The Labute approximate surface area is 189 Å². The Kier molecular flexibility index (Phi) is 4.74. The second-order valence-corrected chi connectivity index (χ2v) is 9.02. The lowest BCUT2D eigenvalue weighted by Gasteiger charge is -2.39. The summed E-state index contributed by atoms with van der Waals surface area (Å²) >= 11 is 2.26. The number of halogens is 1. The van der Waals surface area contributed by atoms with Gasteiger partial charge in [0, 0.05) is 14.6 Å². The van der Waals surface area contributed by atoms with Crippen molar-refractivity contribution < 1.29 is 4.79 Å². The maximum absolute atomic E-state index is 13.9. The van der Waals surface area contributed by atoms with Crippen LogP contribution >= 0.6 is 22.6 Å². The molecule has 148 valence electrons. The summed E-state index contributed by atoms with van der Waals surface area (Å²) < 4.78 is 1.05. The van der Waals surface area contributed by atoms with Crippen molar-refractivity contribution in [2.45, 2.75) is 20.0 Å². The van der Waals surface area contributed by atoms with Crippen LogP contribution in [0.3, 0.4) is 0 Å². The van der Waals surface area contributed by atoms with Crippen LogP contribution in [-0.4, -0.2) is 5.91 Å². The number of carbonyl (C=O) groups excluding carboxylic acids is 1. The average Bonchev–Trinajstić information content (AvgIpc) is 2.74. The number of hydrogen-bond donors (Lipinski definition) is 1. The van der Waals surface area contributed by atoms with E-state index < -0.39 is 0 Å². The van der Waals surface area contributed by atoms with Crippen LogP contribution in [0.5, 0.6) is 0 Å². The third-order valence-electron chi connectivity index (χ3n) is 5.73. The molecule has 0 saturated heterocycles. The third-order valence-corrected chi connectivity index (χ3v) is 6.40. The van der Waals surface area contributed by atoms with Gasteiger partial charge in [-0.15, -0.1) is 0 Å². The Hall–Kier alpha value is -2.86. The highest BCUT2D eigenvalue weighted by Crippen LogP contribution is 2.40. The molecule has 30 heavy (non-hydrogen) atoms. The molecule has 0 bridgehead atoms. The summed E-state index contributed by atoms with van der Waals surface area (Å²) in [6.45, 7) is 4.20. The van der Waals surface area contributed by atoms with Crippen molar-refractivity contribution in [1.82, 2.24) is 0 Å². The smallest absolute Gasteiger partial charge is 0.262 e. The van der Waals surface area contributed by atoms with E-state index in [9.17, 15) is 4.79 Å². The van der Waals surface area contributed by atoms with Gasteiger partial charge in [0.25, 0.3) is 5.91 Å². The highest BCUT2D eigenvalue weighted by molar-refractivity contribution is 14.1. The zero-order valence-electron chi connectivity index (χ0n) is 16.8. The molecular formula is C26H21IN2O. The van der Waals surface area contributed by atoms with Gasteiger partial charge < -0.3 is 5.32 Å². The molecule has 1 aliphatic heterocycles. The molecule has 0 saturated carbocycles. The van der Waals surface area contributed by atoms with Crippen molar-refractivity contribution in [3.63, 3.8) is 0 Å². The molecule has 1 aliphatic rings. The summed E-state index contributed by atoms with van der Waals surface area (Å²) in [5.74, 6) is 0.0172. The first-order valence-electron chi connectivity index (χ1n) is 9.97. The Morgan fingerprint density at radius 2 is 1.70 bits per heavy atom. The maximum atomic E-state index is 13.9. The number of benzene rings is 4. The van der Waals surface area contributed by atoms with E-state index in [1.807, 2.05) is 47.4 Å². The first-order chi connectivity index (χ1) is 14.5. The Bertz CT molecular complexity index is 1290.